The number of hydrogen-bond acceptors (Lipinski definition) is 4. The third-order valence-electron chi connectivity index (χ3n) is 3.58. The van der Waals surface area contributed by atoms with Crippen LogP contribution in [-0.4, -0.2) is 20.7 Å². The lowest BCUT2D eigenvalue weighted by Gasteiger charge is -2.03. The number of rotatable bonds is 5. The number of amides is 1. The van der Waals surface area contributed by atoms with Gasteiger partial charge in [-0.2, -0.15) is 0 Å². The second-order valence-corrected chi connectivity index (χ2v) is 6.32. The Hall–Kier alpha value is -2.21. The highest BCUT2D eigenvalue weighted by Gasteiger charge is 2.11. The molecule has 0 saturated carbocycles. The Morgan fingerprint density at radius 1 is 1.32 bits per heavy atom. The van der Waals surface area contributed by atoms with Crippen LogP contribution in [0.15, 0.2) is 30.5 Å². The highest BCUT2D eigenvalue weighted by molar-refractivity contribution is 7.15. The molecule has 0 aliphatic rings. The first-order valence-corrected chi connectivity index (χ1v) is 8.18. The van der Waals surface area contributed by atoms with E-state index in [-0.39, 0.29) is 5.91 Å². The van der Waals surface area contributed by atoms with Crippen LogP contribution >= 0.6 is 11.3 Å². The van der Waals surface area contributed by atoms with Crippen molar-refractivity contribution in [3.8, 4) is 0 Å². The smallest absolute Gasteiger partial charge is 0.257 e. The minimum atomic E-state index is -0.152. The van der Waals surface area contributed by atoms with Gasteiger partial charge in [-0.05, 0) is 30.0 Å². The average molecular weight is 314 g/mol. The molecule has 0 saturated heterocycles. The third-order valence-corrected chi connectivity index (χ3v) is 4.48. The molecule has 6 heteroatoms. The van der Waals surface area contributed by atoms with E-state index in [0.29, 0.717) is 10.7 Å². The van der Waals surface area contributed by atoms with E-state index in [0.717, 1.165) is 35.2 Å². The van der Waals surface area contributed by atoms with Gasteiger partial charge in [0, 0.05) is 30.7 Å². The highest BCUT2D eigenvalue weighted by Crippen LogP contribution is 2.20. The Bertz CT molecular complexity index is 805. The number of aryl methyl sites for hydroxylation is 2. The fraction of sp³-hybridized carbons (Fsp3) is 0.312. The van der Waals surface area contributed by atoms with Gasteiger partial charge < -0.3 is 4.57 Å². The summed E-state index contributed by atoms with van der Waals surface area (Å²) in [7, 11) is 1.97. The van der Waals surface area contributed by atoms with Crippen LogP contribution in [0.25, 0.3) is 10.9 Å². The van der Waals surface area contributed by atoms with Gasteiger partial charge in [-0.15, -0.1) is 10.2 Å². The minimum absolute atomic E-state index is 0.152. The van der Waals surface area contributed by atoms with Crippen LogP contribution in [0.5, 0.6) is 0 Å². The molecule has 0 aliphatic heterocycles. The highest BCUT2D eigenvalue weighted by atomic mass is 32.1. The molecule has 3 aromatic rings. The summed E-state index contributed by atoms with van der Waals surface area (Å²) in [4.78, 5) is 12.3. The molecule has 2 heterocycles. The topological polar surface area (TPSA) is 59.8 Å². The van der Waals surface area contributed by atoms with Crippen LogP contribution in [0.3, 0.4) is 0 Å². The zero-order chi connectivity index (χ0) is 15.5. The van der Waals surface area contributed by atoms with E-state index in [9.17, 15) is 4.79 Å². The molecule has 0 fully saturated rings. The van der Waals surface area contributed by atoms with Crippen molar-refractivity contribution in [1.82, 2.24) is 14.8 Å². The Labute approximate surface area is 133 Å². The predicted octanol–water partition coefficient (Wildman–Crippen LogP) is 3.62. The first kappa shape index (κ1) is 14.7. The molecule has 0 atom stereocenters. The van der Waals surface area contributed by atoms with Crippen LogP contribution in [0.4, 0.5) is 5.13 Å². The first-order valence-electron chi connectivity index (χ1n) is 7.36. The Kier molecular flexibility index (Phi) is 4.20. The summed E-state index contributed by atoms with van der Waals surface area (Å²) < 4.78 is 2.00. The van der Waals surface area contributed by atoms with Crippen LogP contribution in [0, 0.1) is 0 Å². The van der Waals surface area contributed by atoms with E-state index >= 15 is 0 Å². The molecule has 1 N–H and O–H groups in total. The van der Waals surface area contributed by atoms with E-state index in [1.807, 2.05) is 42.1 Å². The lowest BCUT2D eigenvalue weighted by atomic mass is 10.1. The van der Waals surface area contributed by atoms with Gasteiger partial charge in [0.2, 0.25) is 5.13 Å². The zero-order valence-corrected chi connectivity index (χ0v) is 13.5. The summed E-state index contributed by atoms with van der Waals surface area (Å²) in [5, 5.41) is 13.6. The maximum absolute atomic E-state index is 12.3. The van der Waals surface area contributed by atoms with Crippen LogP contribution in [0.2, 0.25) is 0 Å². The fourth-order valence-electron chi connectivity index (χ4n) is 2.31. The molecule has 0 spiro atoms. The minimum Gasteiger partial charge on any atom is -0.351 e. The van der Waals surface area contributed by atoms with Crippen LogP contribution in [-0.2, 0) is 13.5 Å². The van der Waals surface area contributed by atoms with E-state index < -0.39 is 0 Å². The molecule has 1 aromatic carbocycles. The van der Waals surface area contributed by atoms with Gasteiger partial charge in [-0.25, -0.2) is 0 Å². The van der Waals surface area contributed by atoms with Crippen molar-refractivity contribution in [2.24, 2.45) is 7.05 Å². The maximum atomic E-state index is 12.3. The number of anilines is 1. The Balaban J connectivity index is 1.75. The van der Waals surface area contributed by atoms with E-state index in [2.05, 4.69) is 22.4 Å². The molecule has 5 nitrogen and oxygen atoms in total. The molecule has 0 bridgehead atoms. The molecule has 0 radical (unpaired) electrons. The number of carbonyl (C=O) groups excluding carboxylic acids is 1. The van der Waals surface area contributed by atoms with Crippen LogP contribution < -0.4 is 5.32 Å². The number of unbranched alkanes of at least 4 members (excludes halogenated alkanes) is 1. The number of benzene rings is 1. The van der Waals surface area contributed by atoms with Gasteiger partial charge in [0.05, 0.1) is 0 Å². The number of aromatic nitrogens is 3. The molecule has 22 heavy (non-hydrogen) atoms. The van der Waals surface area contributed by atoms with E-state index in [4.69, 9.17) is 0 Å². The molecule has 2 aromatic heterocycles. The normalized spacial score (nSPS) is 11.0. The van der Waals surface area contributed by atoms with E-state index in [1.165, 1.54) is 11.3 Å². The zero-order valence-electron chi connectivity index (χ0n) is 12.7. The monoisotopic (exact) mass is 314 g/mol. The lowest BCUT2D eigenvalue weighted by Crippen LogP contribution is -2.11. The van der Waals surface area contributed by atoms with Crippen LogP contribution in [0.1, 0.15) is 35.1 Å². The molecule has 114 valence electrons. The molecular formula is C16H18N4OS. The van der Waals surface area contributed by atoms with Gasteiger partial charge in [0.15, 0.2) is 0 Å². The summed E-state index contributed by atoms with van der Waals surface area (Å²) in [6.07, 6.45) is 5.11. The van der Waals surface area contributed by atoms with Gasteiger partial charge in [0.25, 0.3) is 5.91 Å². The second-order valence-electron chi connectivity index (χ2n) is 5.26. The van der Waals surface area contributed by atoms with Crippen molar-refractivity contribution in [2.45, 2.75) is 26.2 Å². The summed E-state index contributed by atoms with van der Waals surface area (Å²) in [5.41, 5.74) is 1.66. The summed E-state index contributed by atoms with van der Waals surface area (Å²) >= 11 is 1.44. The predicted molar refractivity (Wildman–Crippen MR) is 89.4 cm³/mol. The van der Waals surface area contributed by atoms with Crippen molar-refractivity contribution in [1.29, 1.82) is 0 Å². The first-order chi connectivity index (χ1) is 10.7. The molecule has 1 amide bonds. The summed E-state index contributed by atoms with van der Waals surface area (Å²) in [5.74, 6) is -0.152. The van der Waals surface area contributed by atoms with Crippen molar-refractivity contribution in [3.63, 3.8) is 0 Å². The third kappa shape index (κ3) is 3.01. The molecular weight excluding hydrogens is 296 g/mol. The van der Waals surface area contributed by atoms with E-state index in [1.54, 1.807) is 0 Å². The molecule has 0 aliphatic carbocycles. The average Bonchev–Trinajstić information content (AvgIpc) is 3.12. The number of nitrogens with one attached hydrogen (secondary N) is 1. The number of nitrogens with zero attached hydrogens (tertiary/aromatic N) is 3. The number of hydrogen-bond donors (Lipinski definition) is 1. The summed E-state index contributed by atoms with van der Waals surface area (Å²) in [6, 6.07) is 7.71. The van der Waals surface area contributed by atoms with Crippen molar-refractivity contribution < 1.29 is 4.79 Å². The van der Waals surface area contributed by atoms with Gasteiger partial charge in [-0.3, -0.25) is 10.1 Å². The molecule has 0 unspecified atom stereocenters. The second kappa shape index (κ2) is 6.27. The number of fused-ring (bicyclic) bond motifs is 1. The quantitative estimate of drug-likeness (QED) is 0.782. The standard InChI is InChI=1S/C16H18N4OS/c1-3-4-5-14-18-19-16(22-14)17-15(21)12-7-6-11-8-9-20(2)13(11)10-12/h6-10H,3-5H2,1-2H3,(H,17,19,21). The van der Waals surface area contributed by atoms with Gasteiger partial charge >= 0.3 is 0 Å². The maximum Gasteiger partial charge on any atom is 0.257 e. The largest absolute Gasteiger partial charge is 0.351 e. The van der Waals surface area contributed by atoms with Crippen molar-refractivity contribution in [3.05, 3.63) is 41.0 Å². The number of carbonyl (C=O) groups is 1. The van der Waals surface area contributed by atoms with Gasteiger partial charge in [-0.1, -0.05) is 30.7 Å². The van der Waals surface area contributed by atoms with Crippen molar-refractivity contribution >= 4 is 33.3 Å². The SMILES string of the molecule is CCCCc1nnc(NC(=O)c2ccc3ccn(C)c3c2)s1. The Morgan fingerprint density at radius 2 is 2.18 bits per heavy atom. The summed E-state index contributed by atoms with van der Waals surface area (Å²) in [6.45, 7) is 2.14. The molecule has 3 rings (SSSR count). The Morgan fingerprint density at radius 3 is 3.00 bits per heavy atom. The van der Waals surface area contributed by atoms with Crippen molar-refractivity contribution in [2.75, 3.05) is 5.32 Å². The lowest BCUT2D eigenvalue weighted by molar-refractivity contribution is 0.102. The fourth-order valence-corrected chi connectivity index (χ4v) is 3.08. The van der Waals surface area contributed by atoms with Gasteiger partial charge in [0.1, 0.15) is 5.01 Å².